The van der Waals surface area contributed by atoms with Crippen molar-refractivity contribution >= 4 is 34.2 Å². The van der Waals surface area contributed by atoms with Crippen molar-refractivity contribution in [2.75, 3.05) is 24.6 Å². The maximum atomic E-state index is 15.0. The number of aliphatic hydroxyl groups excluding tert-OH is 1. The van der Waals surface area contributed by atoms with Crippen molar-refractivity contribution in [1.82, 2.24) is 4.57 Å². The largest absolute Gasteiger partial charge is 0.477 e. The molecule has 4 rings (SSSR count). The van der Waals surface area contributed by atoms with E-state index in [9.17, 15) is 14.7 Å². The molecule has 27 heavy (non-hydrogen) atoms. The van der Waals surface area contributed by atoms with E-state index in [1.165, 1.54) is 13.1 Å². The van der Waals surface area contributed by atoms with Gasteiger partial charge in [-0.1, -0.05) is 11.6 Å². The van der Waals surface area contributed by atoms with E-state index in [1.807, 2.05) is 0 Å². The average molecular weight is 393 g/mol. The molecule has 2 N–H and O–H groups in total. The first-order valence-corrected chi connectivity index (χ1v) is 9.04. The van der Waals surface area contributed by atoms with Crippen molar-refractivity contribution in [2.45, 2.75) is 25.8 Å². The second-order valence-electron chi connectivity index (χ2n) is 7.07. The number of hydrogen-bond donors (Lipinski definition) is 2. The molecule has 0 atom stereocenters. The van der Waals surface area contributed by atoms with E-state index in [0.29, 0.717) is 29.3 Å². The van der Waals surface area contributed by atoms with Crippen LogP contribution in [0.1, 0.15) is 34.8 Å². The number of aromatic nitrogens is 1. The predicted octanol–water partition coefficient (Wildman–Crippen LogP) is 2.79. The highest BCUT2D eigenvalue weighted by Gasteiger charge is 2.31. The molecule has 1 saturated heterocycles. The molecule has 6 nitrogen and oxygen atoms in total. The third-order valence-corrected chi connectivity index (χ3v) is 5.66. The Balaban J connectivity index is 1.91. The zero-order chi connectivity index (χ0) is 19.5. The molecule has 2 aliphatic rings. The Bertz CT molecular complexity index is 1060. The third-order valence-electron chi connectivity index (χ3n) is 5.27. The number of aryl methyl sites for hydroxylation is 1. The molecule has 1 aromatic carbocycles. The third kappa shape index (κ3) is 2.82. The fourth-order valence-corrected chi connectivity index (χ4v) is 3.68. The predicted molar refractivity (Wildman–Crippen MR) is 100 cm³/mol. The molecule has 2 aromatic rings. The van der Waals surface area contributed by atoms with E-state index in [4.69, 9.17) is 16.7 Å². The molecule has 0 radical (unpaired) electrons. The molecule has 1 aliphatic carbocycles. The summed E-state index contributed by atoms with van der Waals surface area (Å²) in [6, 6.07) is 1.74. The lowest BCUT2D eigenvalue weighted by atomic mass is 10.0. The van der Waals surface area contributed by atoms with E-state index in [-0.39, 0.29) is 29.2 Å². The number of carboxylic acids is 1. The number of aromatic carboxylic acids is 1. The zero-order valence-electron chi connectivity index (χ0n) is 14.6. The molecule has 2 heterocycles. The van der Waals surface area contributed by atoms with Gasteiger partial charge in [0.25, 0.3) is 0 Å². The number of carboxylic acid groups (broad SMARTS) is 1. The van der Waals surface area contributed by atoms with E-state index >= 15 is 4.39 Å². The van der Waals surface area contributed by atoms with E-state index < -0.39 is 17.2 Å². The lowest BCUT2D eigenvalue weighted by molar-refractivity contribution is 0.0695. The SMILES string of the molecule is Cc1c(F)c(N2CC(=C(Cl)CO)C2)cc2c1c(=O)c(C(=O)O)cn2C1CC1. The van der Waals surface area contributed by atoms with Crippen molar-refractivity contribution in [3.63, 3.8) is 0 Å². The molecule has 1 aromatic heterocycles. The fourth-order valence-electron chi connectivity index (χ4n) is 3.56. The van der Waals surface area contributed by atoms with Crippen LogP contribution >= 0.6 is 11.6 Å². The molecule has 0 unspecified atom stereocenters. The van der Waals surface area contributed by atoms with Gasteiger partial charge < -0.3 is 19.7 Å². The summed E-state index contributed by atoms with van der Waals surface area (Å²) in [7, 11) is 0. The fraction of sp³-hybridized carbons (Fsp3) is 0.368. The Morgan fingerprint density at radius 1 is 1.37 bits per heavy atom. The lowest BCUT2D eigenvalue weighted by Crippen LogP contribution is -2.41. The molecule has 8 heteroatoms. The second-order valence-corrected chi connectivity index (χ2v) is 7.52. The second kappa shape index (κ2) is 6.35. The molecular formula is C19H18ClFN2O4. The standard InChI is InChI=1S/C19H18ClFN2O4/c1-9-16-14(23(11-2-3-11)7-12(18(16)25)19(26)27)4-15(17(9)21)22-5-10(6-22)13(20)8-24/h4,7,11,24H,2-3,5-6,8H2,1H3,(H,26,27). The number of carbonyl (C=O) groups is 1. The minimum absolute atomic E-state index is 0.118. The van der Waals surface area contributed by atoms with Crippen molar-refractivity contribution in [3.8, 4) is 0 Å². The molecule has 2 fully saturated rings. The Morgan fingerprint density at radius 3 is 2.59 bits per heavy atom. The number of pyridine rings is 1. The first kappa shape index (κ1) is 18.0. The van der Waals surface area contributed by atoms with Crippen LogP contribution < -0.4 is 10.3 Å². The quantitative estimate of drug-likeness (QED) is 0.836. The van der Waals surface area contributed by atoms with Gasteiger partial charge in [0.15, 0.2) is 0 Å². The van der Waals surface area contributed by atoms with Crippen LogP contribution in [0.3, 0.4) is 0 Å². The summed E-state index contributed by atoms with van der Waals surface area (Å²) >= 11 is 5.94. The summed E-state index contributed by atoms with van der Waals surface area (Å²) in [5, 5.41) is 18.9. The van der Waals surface area contributed by atoms with Gasteiger partial charge in [-0.05, 0) is 31.4 Å². The minimum atomic E-state index is -1.31. The summed E-state index contributed by atoms with van der Waals surface area (Å²) in [6.45, 7) is 2.07. The summed E-state index contributed by atoms with van der Waals surface area (Å²) in [5.74, 6) is -1.85. The molecule has 0 amide bonds. The van der Waals surface area contributed by atoms with Crippen molar-refractivity contribution < 1.29 is 19.4 Å². The molecule has 1 saturated carbocycles. The van der Waals surface area contributed by atoms with Gasteiger partial charge in [0, 0.05) is 35.9 Å². The summed E-state index contributed by atoms with van der Waals surface area (Å²) in [4.78, 5) is 25.9. The Labute approximate surface area is 159 Å². The van der Waals surface area contributed by atoms with Gasteiger partial charge in [0.1, 0.15) is 11.4 Å². The van der Waals surface area contributed by atoms with Crippen LogP contribution in [-0.4, -0.2) is 40.4 Å². The molecule has 142 valence electrons. The number of nitrogens with zero attached hydrogens (tertiary/aromatic N) is 2. The number of fused-ring (bicyclic) bond motifs is 1. The van der Waals surface area contributed by atoms with Crippen LogP contribution in [0.15, 0.2) is 27.7 Å². The summed E-state index contributed by atoms with van der Waals surface area (Å²) < 4.78 is 16.8. The van der Waals surface area contributed by atoms with Crippen molar-refractivity contribution in [3.05, 3.63) is 50.0 Å². The van der Waals surface area contributed by atoms with E-state index in [2.05, 4.69) is 0 Å². The van der Waals surface area contributed by atoms with Crippen molar-refractivity contribution in [2.24, 2.45) is 0 Å². The highest BCUT2D eigenvalue weighted by molar-refractivity contribution is 6.30. The average Bonchev–Trinajstić information content (AvgIpc) is 3.42. The van der Waals surface area contributed by atoms with Gasteiger partial charge in [0.05, 0.1) is 23.2 Å². The topological polar surface area (TPSA) is 82.8 Å². The number of hydrogen-bond acceptors (Lipinski definition) is 4. The number of rotatable bonds is 4. The number of anilines is 1. The number of aliphatic hydroxyl groups is 1. The highest BCUT2D eigenvalue weighted by Crippen LogP contribution is 2.40. The highest BCUT2D eigenvalue weighted by atomic mass is 35.5. The smallest absolute Gasteiger partial charge is 0.341 e. The molecule has 0 spiro atoms. The maximum absolute atomic E-state index is 15.0. The van der Waals surface area contributed by atoms with Crippen LogP contribution in [0.2, 0.25) is 0 Å². The van der Waals surface area contributed by atoms with Gasteiger partial charge in [-0.2, -0.15) is 0 Å². The van der Waals surface area contributed by atoms with Gasteiger partial charge in [-0.15, -0.1) is 0 Å². The van der Waals surface area contributed by atoms with Crippen LogP contribution in [0.5, 0.6) is 0 Å². The first-order valence-electron chi connectivity index (χ1n) is 8.67. The van der Waals surface area contributed by atoms with Crippen LogP contribution in [-0.2, 0) is 0 Å². The van der Waals surface area contributed by atoms with Crippen LogP contribution in [0.4, 0.5) is 10.1 Å². The Kier molecular flexibility index (Phi) is 4.24. The first-order chi connectivity index (χ1) is 12.8. The normalized spacial score (nSPS) is 16.6. The zero-order valence-corrected chi connectivity index (χ0v) is 15.4. The maximum Gasteiger partial charge on any atom is 0.341 e. The molecule has 0 bridgehead atoms. The summed E-state index contributed by atoms with van der Waals surface area (Å²) in [5.41, 5.74) is 0.890. The molecule has 1 aliphatic heterocycles. The minimum Gasteiger partial charge on any atom is -0.477 e. The van der Waals surface area contributed by atoms with Crippen LogP contribution in [0.25, 0.3) is 10.9 Å². The lowest BCUT2D eigenvalue weighted by Gasteiger charge is -2.37. The number of halogens is 2. The van der Waals surface area contributed by atoms with E-state index in [1.54, 1.807) is 15.5 Å². The summed E-state index contributed by atoms with van der Waals surface area (Å²) in [6.07, 6.45) is 3.16. The van der Waals surface area contributed by atoms with Gasteiger partial charge >= 0.3 is 5.97 Å². The van der Waals surface area contributed by atoms with Crippen LogP contribution in [0, 0.1) is 12.7 Å². The monoisotopic (exact) mass is 392 g/mol. The molecular weight excluding hydrogens is 375 g/mol. The Morgan fingerprint density at radius 2 is 2.04 bits per heavy atom. The number of benzene rings is 1. The Hall–Kier alpha value is -2.38. The van der Waals surface area contributed by atoms with Gasteiger partial charge in [-0.3, -0.25) is 4.79 Å². The van der Waals surface area contributed by atoms with Crippen molar-refractivity contribution in [1.29, 1.82) is 0 Å². The van der Waals surface area contributed by atoms with E-state index in [0.717, 1.165) is 18.4 Å². The van der Waals surface area contributed by atoms with Gasteiger partial charge in [-0.25, -0.2) is 9.18 Å². The van der Waals surface area contributed by atoms with Gasteiger partial charge in [0.2, 0.25) is 5.43 Å².